The van der Waals surface area contributed by atoms with E-state index >= 15 is 0 Å². The number of carbonyl (C=O) groups is 1. The lowest BCUT2D eigenvalue weighted by Crippen LogP contribution is -2.19. The van der Waals surface area contributed by atoms with E-state index < -0.39 is 0 Å². The van der Waals surface area contributed by atoms with Gasteiger partial charge in [-0.15, -0.1) is 0 Å². The van der Waals surface area contributed by atoms with Crippen LogP contribution in [-0.2, 0) is 15.9 Å². The molecule has 2 rings (SSSR count). The molecule has 0 bridgehead atoms. The molecule has 0 spiro atoms. The van der Waals surface area contributed by atoms with E-state index in [0.717, 1.165) is 12.0 Å². The monoisotopic (exact) mass is 248 g/mol. The standard InChI is InChI=1S/C15H20O3/c1-11(2)8-12-6-4-5-7-13(12)14(16)17-9-15(3)10-18-15/h4-7,11H,8-10H2,1-3H3. The van der Waals surface area contributed by atoms with Crippen molar-refractivity contribution in [3.8, 4) is 0 Å². The zero-order valence-corrected chi connectivity index (χ0v) is 11.2. The summed E-state index contributed by atoms with van der Waals surface area (Å²) >= 11 is 0. The average molecular weight is 248 g/mol. The van der Waals surface area contributed by atoms with Crippen LogP contribution in [0.3, 0.4) is 0 Å². The van der Waals surface area contributed by atoms with Crippen LogP contribution in [0.2, 0.25) is 0 Å². The molecule has 98 valence electrons. The lowest BCUT2D eigenvalue weighted by molar-refractivity contribution is 0.0409. The SMILES string of the molecule is CC(C)Cc1ccccc1C(=O)OCC1(C)CO1. The Kier molecular flexibility index (Phi) is 3.71. The number of epoxide rings is 1. The molecule has 0 saturated carbocycles. The van der Waals surface area contributed by atoms with E-state index in [0.29, 0.717) is 24.7 Å². The van der Waals surface area contributed by atoms with Gasteiger partial charge in [0.05, 0.1) is 12.2 Å². The van der Waals surface area contributed by atoms with Gasteiger partial charge in [0.15, 0.2) is 0 Å². The fraction of sp³-hybridized carbons (Fsp3) is 0.533. The molecule has 0 aliphatic carbocycles. The van der Waals surface area contributed by atoms with E-state index in [1.807, 2.05) is 31.2 Å². The molecule has 3 nitrogen and oxygen atoms in total. The Hall–Kier alpha value is -1.35. The molecule has 0 N–H and O–H groups in total. The second kappa shape index (κ2) is 5.11. The van der Waals surface area contributed by atoms with E-state index in [-0.39, 0.29) is 11.6 Å². The summed E-state index contributed by atoms with van der Waals surface area (Å²) < 4.78 is 10.5. The number of hydrogen-bond acceptors (Lipinski definition) is 3. The summed E-state index contributed by atoms with van der Waals surface area (Å²) in [6, 6.07) is 7.65. The Morgan fingerprint density at radius 2 is 2.11 bits per heavy atom. The van der Waals surface area contributed by atoms with Gasteiger partial charge in [-0.3, -0.25) is 0 Å². The Balaban J connectivity index is 2.04. The van der Waals surface area contributed by atoms with Crippen molar-refractivity contribution in [3.05, 3.63) is 35.4 Å². The van der Waals surface area contributed by atoms with Gasteiger partial charge >= 0.3 is 5.97 Å². The van der Waals surface area contributed by atoms with E-state index in [2.05, 4.69) is 13.8 Å². The molecule has 0 aromatic heterocycles. The predicted molar refractivity (Wildman–Crippen MR) is 69.6 cm³/mol. The first-order valence-corrected chi connectivity index (χ1v) is 6.39. The van der Waals surface area contributed by atoms with Crippen LogP contribution in [0.15, 0.2) is 24.3 Å². The van der Waals surface area contributed by atoms with Gasteiger partial charge in [0.2, 0.25) is 0 Å². The summed E-state index contributed by atoms with van der Waals surface area (Å²) in [6.07, 6.45) is 0.888. The highest BCUT2D eigenvalue weighted by Gasteiger charge is 2.40. The molecule has 1 aliphatic rings. The van der Waals surface area contributed by atoms with Crippen molar-refractivity contribution in [1.82, 2.24) is 0 Å². The predicted octanol–water partition coefficient (Wildman–Crippen LogP) is 2.83. The number of hydrogen-bond donors (Lipinski definition) is 0. The molecular weight excluding hydrogens is 228 g/mol. The zero-order valence-electron chi connectivity index (χ0n) is 11.2. The third-order valence-electron chi connectivity index (χ3n) is 3.01. The van der Waals surface area contributed by atoms with E-state index in [9.17, 15) is 4.79 Å². The van der Waals surface area contributed by atoms with Gasteiger partial charge in [0.25, 0.3) is 0 Å². The summed E-state index contributed by atoms with van der Waals surface area (Å²) in [7, 11) is 0. The largest absolute Gasteiger partial charge is 0.459 e. The van der Waals surface area contributed by atoms with Crippen LogP contribution in [0.1, 0.15) is 36.7 Å². The van der Waals surface area contributed by atoms with Crippen LogP contribution in [0.4, 0.5) is 0 Å². The Morgan fingerprint density at radius 3 is 2.72 bits per heavy atom. The molecular formula is C15H20O3. The lowest BCUT2D eigenvalue weighted by Gasteiger charge is -2.12. The molecule has 0 amide bonds. The van der Waals surface area contributed by atoms with Crippen LogP contribution in [0.25, 0.3) is 0 Å². The molecule has 1 atom stereocenters. The van der Waals surface area contributed by atoms with Gasteiger partial charge in [-0.2, -0.15) is 0 Å². The maximum absolute atomic E-state index is 12.0. The second-order valence-corrected chi connectivity index (χ2v) is 5.57. The van der Waals surface area contributed by atoms with Gasteiger partial charge < -0.3 is 9.47 Å². The molecule has 1 unspecified atom stereocenters. The highest BCUT2D eigenvalue weighted by atomic mass is 16.6. The molecule has 0 radical (unpaired) electrons. The minimum atomic E-state index is -0.247. The molecule has 18 heavy (non-hydrogen) atoms. The zero-order chi connectivity index (χ0) is 13.2. The van der Waals surface area contributed by atoms with Gasteiger partial charge in [-0.25, -0.2) is 4.79 Å². The number of esters is 1. The summed E-state index contributed by atoms with van der Waals surface area (Å²) in [5.41, 5.74) is 1.48. The van der Waals surface area contributed by atoms with Crippen molar-refractivity contribution >= 4 is 5.97 Å². The van der Waals surface area contributed by atoms with Crippen molar-refractivity contribution in [3.63, 3.8) is 0 Å². The van der Waals surface area contributed by atoms with E-state index in [1.165, 1.54) is 0 Å². The number of carbonyl (C=O) groups excluding carboxylic acids is 1. The van der Waals surface area contributed by atoms with Crippen molar-refractivity contribution in [2.75, 3.05) is 13.2 Å². The molecule has 1 aromatic rings. The van der Waals surface area contributed by atoms with Crippen LogP contribution in [0, 0.1) is 5.92 Å². The third kappa shape index (κ3) is 3.33. The van der Waals surface area contributed by atoms with Crippen molar-refractivity contribution < 1.29 is 14.3 Å². The normalized spacial score (nSPS) is 22.0. The van der Waals surface area contributed by atoms with Crippen LogP contribution in [0.5, 0.6) is 0 Å². The number of benzene rings is 1. The molecule has 1 aliphatic heterocycles. The molecule has 1 aromatic carbocycles. The minimum absolute atomic E-state index is 0.247. The summed E-state index contributed by atoms with van der Waals surface area (Å²) in [4.78, 5) is 12.0. The molecule has 3 heteroatoms. The lowest BCUT2D eigenvalue weighted by atomic mass is 9.98. The maximum Gasteiger partial charge on any atom is 0.338 e. The van der Waals surface area contributed by atoms with E-state index in [1.54, 1.807) is 0 Å². The minimum Gasteiger partial charge on any atom is -0.459 e. The first-order valence-electron chi connectivity index (χ1n) is 6.39. The van der Waals surface area contributed by atoms with Gasteiger partial charge in [0, 0.05) is 0 Å². The first kappa shape index (κ1) is 13.1. The number of ether oxygens (including phenoxy) is 2. The Morgan fingerprint density at radius 1 is 1.44 bits per heavy atom. The highest BCUT2D eigenvalue weighted by molar-refractivity contribution is 5.91. The third-order valence-corrected chi connectivity index (χ3v) is 3.01. The summed E-state index contributed by atoms with van der Waals surface area (Å²) in [5.74, 6) is 0.270. The van der Waals surface area contributed by atoms with Gasteiger partial charge in [-0.1, -0.05) is 32.0 Å². The molecule has 1 fully saturated rings. The maximum atomic E-state index is 12.0. The van der Waals surface area contributed by atoms with Crippen LogP contribution >= 0.6 is 0 Å². The Bertz CT molecular complexity index is 433. The van der Waals surface area contributed by atoms with Gasteiger partial charge in [0.1, 0.15) is 12.2 Å². The molecule has 1 heterocycles. The molecule has 1 saturated heterocycles. The fourth-order valence-corrected chi connectivity index (χ4v) is 1.84. The first-order chi connectivity index (χ1) is 8.50. The van der Waals surface area contributed by atoms with Crippen LogP contribution in [-0.4, -0.2) is 24.8 Å². The van der Waals surface area contributed by atoms with Crippen LogP contribution < -0.4 is 0 Å². The highest BCUT2D eigenvalue weighted by Crippen LogP contribution is 2.26. The average Bonchev–Trinajstić information content (AvgIpc) is 3.05. The smallest absolute Gasteiger partial charge is 0.338 e. The van der Waals surface area contributed by atoms with Crippen molar-refractivity contribution in [2.24, 2.45) is 5.92 Å². The fourth-order valence-electron chi connectivity index (χ4n) is 1.84. The van der Waals surface area contributed by atoms with Crippen molar-refractivity contribution in [2.45, 2.75) is 32.8 Å². The van der Waals surface area contributed by atoms with Gasteiger partial charge in [-0.05, 0) is 30.9 Å². The van der Waals surface area contributed by atoms with E-state index in [4.69, 9.17) is 9.47 Å². The quantitative estimate of drug-likeness (QED) is 0.594. The number of rotatable bonds is 5. The Labute approximate surface area is 108 Å². The second-order valence-electron chi connectivity index (χ2n) is 5.57. The topological polar surface area (TPSA) is 38.8 Å². The summed E-state index contributed by atoms with van der Waals surface area (Å²) in [6.45, 7) is 7.23. The van der Waals surface area contributed by atoms with Crippen molar-refractivity contribution in [1.29, 1.82) is 0 Å². The summed E-state index contributed by atoms with van der Waals surface area (Å²) in [5, 5.41) is 0.